The molecule has 4 aromatic rings. The summed E-state index contributed by atoms with van der Waals surface area (Å²) in [6, 6.07) is 17.6. The van der Waals surface area contributed by atoms with Crippen LogP contribution in [0.2, 0.25) is 0 Å². The standard InChI is InChI=1S/C58H60F2N8O6/c1-32(2)48(63-54(71)72)52(69)66-30-56(20-21-56)27-46(66)50-61-28-45(62-50)36-15-18-42-41-17-14-35(24-43(41)58(59,60)44(42)25-36)38-22-39-12-8-9-19-57(39)31-67(65-47(57)26-38)51-37-13-16-40(23-37)68(51)53(70)49(33(3)4)64-55(73)74-29-34-10-6-5-7-11-34/h5-12,14-15,17-19,22,24-26,28,32-33,37,40,46,48-49,51,63H,13,16,20-21,23,27,29-31H2,1-4H3,(H,61,62)(H,64,73)(H,71,72)/t37?,40?,46?,48?,49-,51+,57?/m0/s1. The molecule has 2 saturated carbocycles. The van der Waals surface area contributed by atoms with Gasteiger partial charge in [0.1, 0.15) is 30.7 Å². The zero-order valence-corrected chi connectivity index (χ0v) is 41.9. The highest BCUT2D eigenvalue weighted by molar-refractivity contribution is 6.13. The number of ether oxygens (including phenoxy) is 1. The lowest BCUT2D eigenvalue weighted by atomic mass is 9.69. The molecule has 3 aliphatic heterocycles. The molecule has 74 heavy (non-hydrogen) atoms. The Morgan fingerprint density at radius 3 is 2.30 bits per heavy atom. The van der Waals surface area contributed by atoms with Crippen molar-refractivity contribution in [3.05, 3.63) is 143 Å². The van der Waals surface area contributed by atoms with Crippen LogP contribution in [0.4, 0.5) is 18.4 Å². The topological polar surface area (TPSA) is 173 Å². The van der Waals surface area contributed by atoms with Crippen LogP contribution in [0.15, 0.2) is 120 Å². The number of benzene rings is 3. The third-order valence-corrected chi connectivity index (χ3v) is 17.0. The van der Waals surface area contributed by atoms with Crippen molar-refractivity contribution in [2.45, 2.75) is 109 Å². The van der Waals surface area contributed by atoms with Gasteiger partial charge in [-0.3, -0.25) is 14.6 Å². The number of likely N-dealkylation sites (tertiary alicyclic amines) is 2. The fourth-order valence-corrected chi connectivity index (χ4v) is 13.0. The molecule has 7 atom stereocenters. The Bertz CT molecular complexity index is 3150. The number of H-pyrrole nitrogens is 1. The van der Waals surface area contributed by atoms with Gasteiger partial charge in [0.05, 0.1) is 35.6 Å². The molecule has 382 valence electrons. The van der Waals surface area contributed by atoms with E-state index in [1.807, 2.05) is 93.3 Å². The molecule has 14 nitrogen and oxygen atoms in total. The summed E-state index contributed by atoms with van der Waals surface area (Å²) in [6.45, 7) is 8.55. The summed E-state index contributed by atoms with van der Waals surface area (Å²) in [6.07, 6.45) is 17.0. The Morgan fingerprint density at radius 1 is 0.865 bits per heavy atom. The predicted molar refractivity (Wildman–Crippen MR) is 274 cm³/mol. The molecule has 1 aromatic heterocycles. The zero-order chi connectivity index (χ0) is 51.4. The number of alkyl halides is 2. The van der Waals surface area contributed by atoms with Gasteiger partial charge in [-0.05, 0) is 113 Å². The van der Waals surface area contributed by atoms with Gasteiger partial charge in [-0.15, -0.1) is 0 Å². The van der Waals surface area contributed by atoms with Crippen LogP contribution in [0.25, 0.3) is 28.0 Å². The molecule has 2 saturated heterocycles. The molecular weight excluding hydrogens is 943 g/mol. The van der Waals surface area contributed by atoms with E-state index in [0.717, 1.165) is 54.5 Å². The van der Waals surface area contributed by atoms with Crippen molar-refractivity contribution in [3.8, 4) is 22.4 Å². The lowest BCUT2D eigenvalue weighted by Crippen LogP contribution is -2.59. The Morgan fingerprint density at radius 2 is 1.58 bits per heavy atom. The molecule has 8 aliphatic rings. The number of allylic oxidation sites excluding steroid dienone is 6. The first-order chi connectivity index (χ1) is 35.5. The summed E-state index contributed by atoms with van der Waals surface area (Å²) < 4.78 is 39.5. The minimum absolute atomic E-state index is 0.0120. The van der Waals surface area contributed by atoms with E-state index in [2.05, 4.69) is 38.9 Å². The van der Waals surface area contributed by atoms with Crippen molar-refractivity contribution in [1.82, 2.24) is 35.4 Å². The number of hydrogen-bond acceptors (Lipinski definition) is 8. The highest BCUT2D eigenvalue weighted by Crippen LogP contribution is 2.59. The minimum atomic E-state index is -3.32. The quantitative estimate of drug-likeness (QED) is 0.109. The summed E-state index contributed by atoms with van der Waals surface area (Å²) in [5.74, 6) is -3.52. The number of nitrogens with one attached hydrogen (secondary N) is 3. The van der Waals surface area contributed by atoms with Gasteiger partial charge in [0.2, 0.25) is 11.8 Å². The first-order valence-electron chi connectivity index (χ1n) is 26.0. The smallest absolute Gasteiger partial charge is 0.408 e. The van der Waals surface area contributed by atoms with Gasteiger partial charge in [0.15, 0.2) is 0 Å². The number of imidazole rings is 1. The number of alkyl carbamates (subject to hydrolysis) is 1. The second kappa shape index (κ2) is 17.7. The number of fused-ring (bicyclic) bond motifs is 5. The molecule has 5 aliphatic carbocycles. The number of hydrogen-bond donors (Lipinski definition) is 4. The molecular formula is C58H60F2N8O6. The molecule has 2 spiro atoms. The molecule has 4 amide bonds. The number of rotatable bonds is 12. The monoisotopic (exact) mass is 1000 g/mol. The Hall–Kier alpha value is -7.36. The van der Waals surface area contributed by atoms with E-state index in [-0.39, 0.29) is 64.9 Å². The molecule has 4 fully saturated rings. The van der Waals surface area contributed by atoms with Crippen LogP contribution in [-0.4, -0.2) is 97.0 Å². The molecule has 0 radical (unpaired) electrons. The zero-order valence-electron chi connectivity index (χ0n) is 41.9. The Labute approximate surface area is 428 Å². The highest BCUT2D eigenvalue weighted by Gasteiger charge is 2.57. The lowest BCUT2D eigenvalue weighted by Gasteiger charge is -2.42. The average molecular weight is 1000 g/mol. The molecule has 2 bridgehead atoms. The Balaban J connectivity index is 0.797. The second-order valence-corrected chi connectivity index (χ2v) is 22.4. The van der Waals surface area contributed by atoms with E-state index in [9.17, 15) is 24.3 Å². The number of aromatic nitrogens is 2. The first kappa shape index (κ1) is 47.6. The summed E-state index contributed by atoms with van der Waals surface area (Å²) in [4.78, 5) is 65.1. The van der Waals surface area contributed by atoms with Crippen LogP contribution in [0.5, 0.6) is 0 Å². The molecule has 16 heteroatoms. The van der Waals surface area contributed by atoms with Gasteiger partial charge >= 0.3 is 12.2 Å². The van der Waals surface area contributed by atoms with Crippen LogP contribution in [-0.2, 0) is 26.9 Å². The SMILES string of the molecule is CC(C)C(NC(=O)O)C(=O)N1CC2(CC2)CC1c1ncc(-c2ccc3c(c2)C(F)(F)c2cc(C4=CC5=NN([C@H]6C7CCC(C7)N6C(=O)[C@@H](NC(=O)OCc6ccccc6)C(C)C)CC56C=CC=CC6=C4)ccc2-3)[nH]1. The van der Waals surface area contributed by atoms with Crippen molar-refractivity contribution in [2.24, 2.45) is 33.7 Å². The molecule has 4 heterocycles. The molecule has 12 rings (SSSR count). The van der Waals surface area contributed by atoms with E-state index in [1.165, 1.54) is 6.07 Å². The maximum Gasteiger partial charge on any atom is 0.408 e. The number of aromatic amines is 1. The van der Waals surface area contributed by atoms with Crippen molar-refractivity contribution >= 4 is 35.3 Å². The van der Waals surface area contributed by atoms with E-state index >= 15 is 8.78 Å². The minimum Gasteiger partial charge on any atom is -0.465 e. The number of carbonyl (C=O) groups excluding carboxylic acids is 3. The third-order valence-electron chi connectivity index (χ3n) is 17.0. The number of carboxylic acid groups (broad SMARTS) is 1. The number of piperidine rings is 1. The maximum atomic E-state index is 17.0. The van der Waals surface area contributed by atoms with Gasteiger partial charge in [-0.1, -0.05) is 107 Å². The second-order valence-electron chi connectivity index (χ2n) is 22.4. The van der Waals surface area contributed by atoms with Gasteiger partial charge in [0.25, 0.3) is 5.92 Å². The van der Waals surface area contributed by atoms with Crippen LogP contribution in [0.3, 0.4) is 0 Å². The number of carbonyl (C=O) groups is 4. The average Bonchev–Trinajstić information content (AvgIpc) is 4.03. The third kappa shape index (κ3) is 7.93. The van der Waals surface area contributed by atoms with Crippen molar-refractivity contribution in [3.63, 3.8) is 0 Å². The summed E-state index contributed by atoms with van der Waals surface area (Å²) >= 11 is 0. The molecule has 4 N–H and O–H groups in total. The van der Waals surface area contributed by atoms with Crippen LogP contribution < -0.4 is 10.6 Å². The molecule has 5 unspecified atom stereocenters. The summed E-state index contributed by atoms with van der Waals surface area (Å²) in [7, 11) is 0. The number of hydrazone groups is 1. The van der Waals surface area contributed by atoms with E-state index < -0.39 is 41.6 Å². The van der Waals surface area contributed by atoms with E-state index in [1.54, 1.807) is 29.3 Å². The van der Waals surface area contributed by atoms with E-state index in [4.69, 9.17) is 14.8 Å². The lowest BCUT2D eigenvalue weighted by molar-refractivity contribution is -0.144. The van der Waals surface area contributed by atoms with E-state index in [0.29, 0.717) is 53.3 Å². The highest BCUT2D eigenvalue weighted by atomic mass is 19.3. The fourth-order valence-electron chi connectivity index (χ4n) is 13.0. The van der Waals surface area contributed by atoms with Gasteiger partial charge in [0, 0.05) is 35.2 Å². The Kier molecular flexibility index (Phi) is 11.4. The van der Waals surface area contributed by atoms with Crippen molar-refractivity contribution in [1.29, 1.82) is 0 Å². The number of halogens is 2. The van der Waals surface area contributed by atoms with Gasteiger partial charge in [-0.25, -0.2) is 14.6 Å². The molecule has 3 aromatic carbocycles. The number of amides is 4. The van der Waals surface area contributed by atoms with Crippen LogP contribution in [0, 0.1) is 28.6 Å². The van der Waals surface area contributed by atoms with Gasteiger partial charge in [-0.2, -0.15) is 13.9 Å². The largest absolute Gasteiger partial charge is 0.465 e. The summed E-state index contributed by atoms with van der Waals surface area (Å²) in [5.41, 5.74) is 5.13. The fraction of sp³-hybridized carbons (Fsp3) is 0.414. The van der Waals surface area contributed by atoms with Crippen LogP contribution >= 0.6 is 0 Å². The van der Waals surface area contributed by atoms with Crippen molar-refractivity contribution < 1.29 is 37.8 Å². The predicted octanol–water partition coefficient (Wildman–Crippen LogP) is 9.94. The number of nitrogens with zero attached hydrogens (tertiary/aromatic N) is 5. The first-order valence-corrected chi connectivity index (χ1v) is 26.0. The maximum absolute atomic E-state index is 17.0. The van der Waals surface area contributed by atoms with Gasteiger partial charge < -0.3 is 35.3 Å². The van der Waals surface area contributed by atoms with Crippen LogP contribution in [0.1, 0.15) is 100 Å². The normalized spacial score (nSPS) is 25.8. The summed E-state index contributed by atoms with van der Waals surface area (Å²) in [5, 5.41) is 22.2. The van der Waals surface area contributed by atoms with Crippen molar-refractivity contribution in [2.75, 3.05) is 13.1 Å².